The first-order chi connectivity index (χ1) is 10.4. The van der Waals surface area contributed by atoms with Crippen molar-refractivity contribution in [3.63, 3.8) is 0 Å². The summed E-state index contributed by atoms with van der Waals surface area (Å²) in [7, 11) is 0. The van der Waals surface area contributed by atoms with Crippen LogP contribution in [0, 0.1) is 5.82 Å². The van der Waals surface area contributed by atoms with E-state index in [1.54, 1.807) is 0 Å². The van der Waals surface area contributed by atoms with Crippen LogP contribution in [-0.4, -0.2) is 16.1 Å². The van der Waals surface area contributed by atoms with Crippen molar-refractivity contribution in [2.24, 2.45) is 0 Å². The number of rotatable bonds is 2. The average Bonchev–Trinajstić information content (AvgIpc) is 2.44. The number of phenols is 1. The monoisotopic (exact) mass is 358 g/mol. The van der Waals surface area contributed by atoms with Crippen LogP contribution in [0.3, 0.4) is 0 Å². The first kappa shape index (κ1) is 16.5. The molecule has 4 nitrogen and oxygen atoms in total. The summed E-state index contributed by atoms with van der Waals surface area (Å²) in [6.45, 7) is 0. The van der Waals surface area contributed by atoms with E-state index in [9.17, 15) is 14.3 Å². The van der Waals surface area contributed by atoms with Crippen LogP contribution in [0.15, 0.2) is 36.4 Å². The summed E-state index contributed by atoms with van der Waals surface area (Å²) in [4.78, 5) is 11.9. The predicted molar refractivity (Wildman–Crippen MR) is 88.2 cm³/mol. The third-order valence-corrected chi connectivity index (χ3v) is 3.40. The Morgan fingerprint density at radius 3 is 2.36 bits per heavy atom. The van der Waals surface area contributed by atoms with Crippen molar-refractivity contribution in [3.8, 4) is 5.75 Å². The van der Waals surface area contributed by atoms with Gasteiger partial charge in [-0.2, -0.15) is 0 Å². The van der Waals surface area contributed by atoms with Gasteiger partial charge in [-0.15, -0.1) is 0 Å². The highest BCUT2D eigenvalue weighted by molar-refractivity contribution is 7.80. The van der Waals surface area contributed by atoms with Crippen LogP contribution in [0.1, 0.15) is 10.4 Å². The number of nitrogens with one attached hydrogen (secondary N) is 2. The second kappa shape index (κ2) is 6.91. The van der Waals surface area contributed by atoms with Crippen LogP contribution in [-0.2, 0) is 0 Å². The number of carbonyl (C=O) groups excluding carboxylic acids is 1. The minimum absolute atomic E-state index is 0.0261. The predicted octanol–water partition coefficient (Wildman–Crippen LogP) is 3.96. The van der Waals surface area contributed by atoms with Crippen molar-refractivity contribution >= 4 is 52.1 Å². The number of benzene rings is 2. The quantitative estimate of drug-likeness (QED) is 0.561. The maximum atomic E-state index is 13.5. The summed E-state index contributed by atoms with van der Waals surface area (Å²) in [6.07, 6.45) is 0. The van der Waals surface area contributed by atoms with Gasteiger partial charge in [0.25, 0.3) is 5.91 Å². The fourth-order valence-corrected chi connectivity index (χ4v) is 2.31. The maximum Gasteiger partial charge on any atom is 0.260 e. The van der Waals surface area contributed by atoms with Gasteiger partial charge in [0.2, 0.25) is 0 Å². The number of phenolic OH excluding ortho intramolecular Hbond substituents is 1. The average molecular weight is 359 g/mol. The van der Waals surface area contributed by atoms with Crippen molar-refractivity contribution in [1.29, 1.82) is 0 Å². The molecule has 22 heavy (non-hydrogen) atoms. The highest BCUT2D eigenvalue weighted by atomic mass is 35.5. The number of amides is 1. The third-order valence-electron chi connectivity index (χ3n) is 2.62. The Bertz CT molecular complexity index is 732. The molecule has 0 unspecified atom stereocenters. The van der Waals surface area contributed by atoms with Crippen molar-refractivity contribution in [1.82, 2.24) is 5.32 Å². The molecule has 2 aromatic carbocycles. The molecule has 2 aromatic rings. The Labute approximate surface area is 140 Å². The van der Waals surface area contributed by atoms with Gasteiger partial charge in [-0.3, -0.25) is 10.1 Å². The van der Waals surface area contributed by atoms with E-state index in [0.29, 0.717) is 5.69 Å². The van der Waals surface area contributed by atoms with Crippen LogP contribution in [0.4, 0.5) is 10.1 Å². The van der Waals surface area contributed by atoms with Crippen molar-refractivity contribution in [2.75, 3.05) is 5.32 Å². The van der Waals surface area contributed by atoms with E-state index in [1.807, 2.05) is 0 Å². The van der Waals surface area contributed by atoms with E-state index in [2.05, 4.69) is 10.6 Å². The number of hydrogen-bond donors (Lipinski definition) is 3. The molecule has 0 aliphatic carbocycles. The highest BCUT2D eigenvalue weighted by Crippen LogP contribution is 2.34. The molecular formula is C14H9Cl2FN2O2S. The largest absolute Gasteiger partial charge is 0.505 e. The molecule has 8 heteroatoms. The number of halogens is 3. The SMILES string of the molecule is O=C(NC(=S)Nc1cc(Cl)c(O)c(Cl)c1)c1ccccc1F. The van der Waals surface area contributed by atoms with Crippen LogP contribution >= 0.6 is 35.4 Å². The zero-order valence-corrected chi connectivity index (χ0v) is 13.2. The smallest absolute Gasteiger partial charge is 0.260 e. The fraction of sp³-hybridized carbons (Fsp3) is 0. The van der Waals surface area contributed by atoms with Gasteiger partial charge in [0.1, 0.15) is 5.82 Å². The van der Waals surface area contributed by atoms with E-state index < -0.39 is 11.7 Å². The Balaban J connectivity index is 2.08. The molecule has 0 heterocycles. The molecule has 0 aliphatic heterocycles. The second-order valence-electron chi connectivity index (χ2n) is 4.18. The molecule has 2 rings (SSSR count). The normalized spacial score (nSPS) is 10.1. The Hall–Kier alpha value is -1.89. The van der Waals surface area contributed by atoms with Crippen LogP contribution in [0.25, 0.3) is 0 Å². The zero-order valence-electron chi connectivity index (χ0n) is 10.9. The topological polar surface area (TPSA) is 61.4 Å². The van der Waals surface area contributed by atoms with Gasteiger partial charge in [0.15, 0.2) is 10.9 Å². The Kier molecular flexibility index (Phi) is 5.18. The second-order valence-corrected chi connectivity index (χ2v) is 5.40. The van der Waals surface area contributed by atoms with E-state index in [0.717, 1.165) is 0 Å². The van der Waals surface area contributed by atoms with E-state index in [-0.39, 0.29) is 26.5 Å². The lowest BCUT2D eigenvalue weighted by molar-refractivity contribution is 0.0974. The van der Waals surface area contributed by atoms with E-state index in [1.165, 1.54) is 36.4 Å². The van der Waals surface area contributed by atoms with Gasteiger partial charge in [-0.1, -0.05) is 35.3 Å². The maximum absolute atomic E-state index is 13.5. The molecule has 114 valence electrons. The molecule has 0 saturated heterocycles. The van der Waals surface area contributed by atoms with Gasteiger partial charge in [-0.25, -0.2) is 4.39 Å². The van der Waals surface area contributed by atoms with Gasteiger partial charge < -0.3 is 10.4 Å². The number of anilines is 1. The number of hydrogen-bond acceptors (Lipinski definition) is 3. The molecule has 0 spiro atoms. The molecule has 0 bridgehead atoms. The van der Waals surface area contributed by atoms with Crippen LogP contribution < -0.4 is 10.6 Å². The number of carbonyl (C=O) groups is 1. The van der Waals surface area contributed by atoms with E-state index in [4.69, 9.17) is 35.4 Å². The molecule has 0 aliphatic rings. The van der Waals surface area contributed by atoms with Gasteiger partial charge in [-0.05, 0) is 36.5 Å². The molecule has 3 N–H and O–H groups in total. The number of thiocarbonyl (C=S) groups is 1. The fourth-order valence-electron chi connectivity index (χ4n) is 1.62. The van der Waals surface area contributed by atoms with Gasteiger partial charge in [0, 0.05) is 5.69 Å². The summed E-state index contributed by atoms with van der Waals surface area (Å²) in [5.41, 5.74) is 0.236. The van der Waals surface area contributed by atoms with E-state index >= 15 is 0 Å². The lowest BCUT2D eigenvalue weighted by Crippen LogP contribution is -2.34. The number of aromatic hydroxyl groups is 1. The molecular weight excluding hydrogens is 350 g/mol. The Morgan fingerprint density at radius 1 is 1.18 bits per heavy atom. The summed E-state index contributed by atoms with van der Waals surface area (Å²) >= 11 is 16.5. The molecule has 1 amide bonds. The van der Waals surface area contributed by atoms with Crippen LogP contribution in [0.2, 0.25) is 10.0 Å². The Morgan fingerprint density at radius 2 is 1.77 bits per heavy atom. The zero-order chi connectivity index (χ0) is 16.3. The summed E-state index contributed by atoms with van der Waals surface area (Å²) in [5, 5.41) is 14.4. The summed E-state index contributed by atoms with van der Waals surface area (Å²) in [6, 6.07) is 8.28. The molecule has 0 atom stereocenters. The molecule has 0 radical (unpaired) electrons. The standard InChI is InChI=1S/C14H9Cl2FN2O2S/c15-9-5-7(6-10(16)12(9)20)18-14(22)19-13(21)8-3-1-2-4-11(8)17/h1-6,20H,(H2,18,19,21,22). The van der Waals surface area contributed by atoms with Gasteiger partial charge in [0.05, 0.1) is 15.6 Å². The van der Waals surface area contributed by atoms with Crippen molar-refractivity contribution in [2.45, 2.75) is 0 Å². The summed E-state index contributed by atoms with van der Waals surface area (Å²) in [5.74, 6) is -1.60. The third kappa shape index (κ3) is 3.85. The minimum atomic E-state index is -0.688. The highest BCUT2D eigenvalue weighted by Gasteiger charge is 2.13. The summed E-state index contributed by atoms with van der Waals surface area (Å²) < 4.78 is 13.5. The molecule has 0 saturated carbocycles. The van der Waals surface area contributed by atoms with Crippen LogP contribution in [0.5, 0.6) is 5.75 Å². The molecule has 0 fully saturated rings. The lowest BCUT2D eigenvalue weighted by Gasteiger charge is -2.11. The lowest BCUT2D eigenvalue weighted by atomic mass is 10.2. The van der Waals surface area contributed by atoms with Crippen molar-refractivity contribution in [3.05, 3.63) is 57.8 Å². The minimum Gasteiger partial charge on any atom is -0.505 e. The first-order valence-corrected chi connectivity index (χ1v) is 7.10. The van der Waals surface area contributed by atoms with Crippen molar-refractivity contribution < 1.29 is 14.3 Å². The first-order valence-electron chi connectivity index (χ1n) is 5.93. The van der Waals surface area contributed by atoms with Gasteiger partial charge >= 0.3 is 0 Å². The molecule has 0 aromatic heterocycles.